The summed E-state index contributed by atoms with van der Waals surface area (Å²) in [5.41, 5.74) is 19.7. The molecule has 0 aliphatic rings. The summed E-state index contributed by atoms with van der Waals surface area (Å²) in [7, 11) is 0. The van der Waals surface area contributed by atoms with Gasteiger partial charge in [-0.15, -0.1) is 0 Å². The van der Waals surface area contributed by atoms with Crippen molar-refractivity contribution in [1.29, 1.82) is 0 Å². The molecule has 4 N–H and O–H groups in total. The third-order valence-corrected chi connectivity index (χ3v) is 6.97. The van der Waals surface area contributed by atoms with Gasteiger partial charge in [0, 0.05) is 11.4 Å². The van der Waals surface area contributed by atoms with Crippen molar-refractivity contribution in [2.45, 2.75) is 40.3 Å². The molecule has 0 saturated heterocycles. The average molecular weight is 561 g/mol. The minimum atomic E-state index is 0.479. The maximum absolute atomic E-state index is 5.97. The van der Waals surface area contributed by atoms with E-state index in [0.717, 1.165) is 67.8 Å². The van der Waals surface area contributed by atoms with E-state index in [1.165, 1.54) is 0 Å². The van der Waals surface area contributed by atoms with E-state index in [9.17, 15) is 0 Å². The van der Waals surface area contributed by atoms with Gasteiger partial charge in [0.25, 0.3) is 0 Å². The molecule has 0 aliphatic heterocycles. The minimum Gasteiger partial charge on any atom is -0.489 e. The van der Waals surface area contributed by atoms with Crippen LogP contribution < -0.4 is 30.4 Å². The standard InChI is InChI=1S/C36H36N2O4/c1-25-19-33(15-17-35(25)37)41-23-29-7-3-27(4-8-29)21-39-31-11-13-32(14-12-31)40-22-28-5-9-30(10-6-28)24-42-34-16-18-36(38)26(2)20-34/h3-20H,21-24,37-38H2,1-2H3. The number of anilines is 2. The van der Waals surface area contributed by atoms with E-state index in [1.807, 2.05) is 74.5 Å². The highest BCUT2D eigenvalue weighted by molar-refractivity contribution is 5.50. The quantitative estimate of drug-likeness (QED) is 0.151. The van der Waals surface area contributed by atoms with Gasteiger partial charge in [-0.1, -0.05) is 48.5 Å². The highest BCUT2D eigenvalue weighted by Gasteiger charge is 2.04. The van der Waals surface area contributed by atoms with E-state index in [2.05, 4.69) is 48.5 Å². The van der Waals surface area contributed by atoms with Gasteiger partial charge < -0.3 is 30.4 Å². The Morgan fingerprint density at radius 1 is 0.381 bits per heavy atom. The number of benzene rings is 5. The predicted molar refractivity (Wildman–Crippen MR) is 168 cm³/mol. The zero-order valence-corrected chi connectivity index (χ0v) is 24.0. The lowest BCUT2D eigenvalue weighted by Gasteiger charge is -2.11. The number of rotatable bonds is 12. The molecule has 0 heterocycles. The Bertz CT molecular complexity index is 1480. The van der Waals surface area contributed by atoms with E-state index in [0.29, 0.717) is 26.4 Å². The summed E-state index contributed by atoms with van der Waals surface area (Å²) in [5.74, 6) is 3.19. The third kappa shape index (κ3) is 7.98. The van der Waals surface area contributed by atoms with Crippen molar-refractivity contribution in [3.05, 3.63) is 143 Å². The monoisotopic (exact) mass is 560 g/mol. The van der Waals surface area contributed by atoms with Crippen LogP contribution in [-0.4, -0.2) is 0 Å². The number of ether oxygens (including phenoxy) is 4. The predicted octanol–water partition coefficient (Wildman–Crippen LogP) is 7.78. The Morgan fingerprint density at radius 3 is 0.929 bits per heavy atom. The number of nitrogen functional groups attached to an aromatic ring is 2. The molecule has 0 unspecified atom stereocenters. The second kappa shape index (κ2) is 13.5. The van der Waals surface area contributed by atoms with Crippen LogP contribution in [0.15, 0.2) is 109 Å². The molecular weight excluding hydrogens is 524 g/mol. The maximum atomic E-state index is 5.97. The molecule has 214 valence electrons. The fourth-order valence-corrected chi connectivity index (χ4v) is 4.24. The Hall–Kier alpha value is -5.10. The lowest BCUT2D eigenvalue weighted by molar-refractivity contribution is 0.296. The first-order valence-electron chi connectivity index (χ1n) is 13.9. The normalized spacial score (nSPS) is 10.7. The number of hydrogen-bond donors (Lipinski definition) is 2. The summed E-state index contributed by atoms with van der Waals surface area (Å²) in [6, 6.07) is 35.5. The Morgan fingerprint density at radius 2 is 0.643 bits per heavy atom. The van der Waals surface area contributed by atoms with Crippen molar-refractivity contribution in [2.75, 3.05) is 11.5 Å². The molecule has 0 aromatic heterocycles. The van der Waals surface area contributed by atoms with Crippen LogP contribution in [0.4, 0.5) is 11.4 Å². The van der Waals surface area contributed by atoms with Crippen molar-refractivity contribution in [2.24, 2.45) is 0 Å². The van der Waals surface area contributed by atoms with Crippen molar-refractivity contribution >= 4 is 11.4 Å². The van der Waals surface area contributed by atoms with Crippen molar-refractivity contribution in [1.82, 2.24) is 0 Å². The van der Waals surface area contributed by atoms with Gasteiger partial charge in [0.15, 0.2) is 0 Å². The molecule has 0 saturated carbocycles. The molecule has 6 heteroatoms. The first-order chi connectivity index (χ1) is 20.4. The summed E-state index contributed by atoms with van der Waals surface area (Å²) in [6.07, 6.45) is 0. The van der Waals surface area contributed by atoms with Gasteiger partial charge in [0.1, 0.15) is 49.4 Å². The topological polar surface area (TPSA) is 89.0 Å². The molecule has 5 aromatic carbocycles. The fraction of sp³-hybridized carbons (Fsp3) is 0.167. The Balaban J connectivity index is 1.03. The van der Waals surface area contributed by atoms with Crippen molar-refractivity contribution in [3.8, 4) is 23.0 Å². The van der Waals surface area contributed by atoms with Crippen LogP contribution in [-0.2, 0) is 26.4 Å². The molecular formula is C36H36N2O4. The van der Waals surface area contributed by atoms with Crippen LogP contribution in [0.5, 0.6) is 23.0 Å². The molecule has 0 aliphatic carbocycles. The van der Waals surface area contributed by atoms with Gasteiger partial charge in [-0.05, 0) is 108 Å². The van der Waals surface area contributed by atoms with E-state index < -0.39 is 0 Å². The van der Waals surface area contributed by atoms with Crippen LogP contribution >= 0.6 is 0 Å². The lowest BCUT2D eigenvalue weighted by atomic mass is 10.1. The van der Waals surface area contributed by atoms with Crippen LogP contribution in [0, 0.1) is 13.8 Å². The molecule has 0 atom stereocenters. The number of aryl methyl sites for hydroxylation is 2. The molecule has 5 rings (SSSR count). The smallest absolute Gasteiger partial charge is 0.120 e. The van der Waals surface area contributed by atoms with Crippen LogP contribution in [0.25, 0.3) is 0 Å². The highest BCUT2D eigenvalue weighted by Crippen LogP contribution is 2.23. The van der Waals surface area contributed by atoms with Gasteiger partial charge in [-0.3, -0.25) is 0 Å². The molecule has 42 heavy (non-hydrogen) atoms. The second-order valence-electron chi connectivity index (χ2n) is 10.3. The summed E-state index contributed by atoms with van der Waals surface area (Å²) in [4.78, 5) is 0. The maximum Gasteiger partial charge on any atom is 0.120 e. The Kier molecular flexibility index (Phi) is 9.14. The molecule has 5 aromatic rings. The third-order valence-electron chi connectivity index (χ3n) is 6.97. The summed E-state index contributed by atoms with van der Waals surface area (Å²) in [6.45, 7) is 5.89. The van der Waals surface area contributed by atoms with E-state index >= 15 is 0 Å². The van der Waals surface area contributed by atoms with Crippen LogP contribution in [0.3, 0.4) is 0 Å². The summed E-state index contributed by atoms with van der Waals surface area (Å²) in [5, 5.41) is 0. The van der Waals surface area contributed by atoms with E-state index in [1.54, 1.807) is 0 Å². The zero-order chi connectivity index (χ0) is 29.3. The average Bonchev–Trinajstić information content (AvgIpc) is 3.01. The Labute approximate surface area is 247 Å². The first-order valence-corrected chi connectivity index (χ1v) is 13.9. The molecule has 0 bridgehead atoms. The van der Waals surface area contributed by atoms with Gasteiger partial charge in [-0.25, -0.2) is 0 Å². The second-order valence-corrected chi connectivity index (χ2v) is 10.3. The number of hydrogen-bond acceptors (Lipinski definition) is 6. The fourth-order valence-electron chi connectivity index (χ4n) is 4.24. The lowest BCUT2D eigenvalue weighted by Crippen LogP contribution is -1.99. The largest absolute Gasteiger partial charge is 0.489 e. The molecule has 6 nitrogen and oxygen atoms in total. The molecule has 0 amide bonds. The summed E-state index contributed by atoms with van der Waals surface area (Å²) < 4.78 is 23.7. The van der Waals surface area contributed by atoms with Crippen molar-refractivity contribution < 1.29 is 18.9 Å². The van der Waals surface area contributed by atoms with Crippen molar-refractivity contribution in [3.63, 3.8) is 0 Å². The van der Waals surface area contributed by atoms with Gasteiger partial charge in [-0.2, -0.15) is 0 Å². The zero-order valence-electron chi connectivity index (χ0n) is 24.0. The summed E-state index contributed by atoms with van der Waals surface area (Å²) >= 11 is 0. The highest BCUT2D eigenvalue weighted by atomic mass is 16.5. The van der Waals surface area contributed by atoms with E-state index in [4.69, 9.17) is 30.4 Å². The SMILES string of the molecule is Cc1cc(OCc2ccc(COc3ccc(OCc4ccc(COc5ccc(N)c(C)c5)cc4)cc3)cc2)ccc1N. The van der Waals surface area contributed by atoms with Gasteiger partial charge in [0.2, 0.25) is 0 Å². The minimum absolute atomic E-state index is 0.479. The molecule has 0 radical (unpaired) electrons. The first kappa shape index (κ1) is 28.4. The molecule has 0 spiro atoms. The van der Waals surface area contributed by atoms with Crippen LogP contribution in [0.2, 0.25) is 0 Å². The van der Waals surface area contributed by atoms with Crippen LogP contribution in [0.1, 0.15) is 33.4 Å². The van der Waals surface area contributed by atoms with E-state index in [-0.39, 0.29) is 0 Å². The molecule has 0 fully saturated rings. The van der Waals surface area contributed by atoms with Gasteiger partial charge >= 0.3 is 0 Å². The number of nitrogens with two attached hydrogens (primary N) is 2. The van der Waals surface area contributed by atoms with Gasteiger partial charge in [0.05, 0.1) is 0 Å².